The van der Waals surface area contributed by atoms with Crippen LogP contribution in [0.2, 0.25) is 0 Å². The van der Waals surface area contributed by atoms with Crippen LogP contribution in [0.3, 0.4) is 0 Å². The number of nitro benzene ring substituents is 1. The predicted molar refractivity (Wildman–Crippen MR) is 85.5 cm³/mol. The zero-order valence-electron chi connectivity index (χ0n) is 12.4. The van der Waals surface area contributed by atoms with Crippen LogP contribution in [0.1, 0.15) is 15.9 Å². The molecule has 0 saturated heterocycles. The zero-order chi connectivity index (χ0) is 16.1. The van der Waals surface area contributed by atoms with E-state index < -0.39 is 4.92 Å². The summed E-state index contributed by atoms with van der Waals surface area (Å²) in [4.78, 5) is 24.7. The van der Waals surface area contributed by atoms with Gasteiger partial charge < -0.3 is 4.90 Å². The van der Waals surface area contributed by atoms with E-state index in [1.807, 2.05) is 20.2 Å². The maximum Gasteiger partial charge on any atom is 0.269 e. The fraction of sp³-hybridized carbons (Fsp3) is 0.118. The number of Topliss-reactive ketones (excluding diaryl/α,β-unsaturated/α-hetero) is 1. The van der Waals surface area contributed by atoms with E-state index in [2.05, 4.69) is 0 Å². The molecule has 2 aromatic rings. The summed E-state index contributed by atoms with van der Waals surface area (Å²) in [5, 5.41) is 10.7. The molecule has 0 heterocycles. The first kappa shape index (κ1) is 15.4. The summed E-state index contributed by atoms with van der Waals surface area (Å²) in [7, 11) is 3.65. The first-order chi connectivity index (χ1) is 10.5. The van der Waals surface area contributed by atoms with Gasteiger partial charge in [-0.25, -0.2) is 0 Å². The molecule has 0 unspecified atom stereocenters. The van der Waals surface area contributed by atoms with Gasteiger partial charge >= 0.3 is 0 Å². The van der Waals surface area contributed by atoms with Gasteiger partial charge in [-0.05, 0) is 17.7 Å². The maximum atomic E-state index is 12.7. The van der Waals surface area contributed by atoms with Gasteiger partial charge in [-0.3, -0.25) is 14.9 Å². The smallest absolute Gasteiger partial charge is 0.269 e. The van der Waals surface area contributed by atoms with Gasteiger partial charge in [-0.1, -0.05) is 30.3 Å². The highest BCUT2D eigenvalue weighted by Crippen LogP contribution is 2.22. The second-order valence-electron chi connectivity index (χ2n) is 5.01. The average molecular weight is 296 g/mol. The number of allylic oxidation sites excluding steroid dienone is 1. The first-order valence-electron chi connectivity index (χ1n) is 6.72. The second kappa shape index (κ2) is 6.67. The molecule has 2 aromatic carbocycles. The molecule has 5 nitrogen and oxygen atoms in total. The third-order valence-electron chi connectivity index (χ3n) is 3.06. The maximum absolute atomic E-state index is 12.7. The van der Waals surface area contributed by atoms with Crippen molar-refractivity contribution in [1.29, 1.82) is 0 Å². The molecule has 0 radical (unpaired) electrons. The summed E-state index contributed by atoms with van der Waals surface area (Å²) in [6.07, 6.45) is 1.72. The molecule has 5 heteroatoms. The number of rotatable bonds is 5. The third kappa shape index (κ3) is 3.58. The summed E-state index contributed by atoms with van der Waals surface area (Å²) in [5.74, 6) is -0.122. The number of hydrogen-bond donors (Lipinski definition) is 0. The van der Waals surface area contributed by atoms with Crippen molar-refractivity contribution < 1.29 is 9.72 Å². The van der Waals surface area contributed by atoms with Gasteiger partial charge in [0.1, 0.15) is 0 Å². The number of non-ortho nitro benzene ring substituents is 1. The SMILES string of the molecule is CN(C)/C=C(\C(=O)c1ccccc1)c1ccc([N+](=O)[O-])cc1. The Morgan fingerprint density at radius 3 is 2.09 bits per heavy atom. The highest BCUT2D eigenvalue weighted by Gasteiger charge is 2.16. The summed E-state index contributed by atoms with van der Waals surface area (Å²) in [6, 6.07) is 14.9. The summed E-state index contributed by atoms with van der Waals surface area (Å²) >= 11 is 0. The van der Waals surface area contributed by atoms with Crippen LogP contribution in [-0.2, 0) is 0 Å². The number of carbonyl (C=O) groups excluding carboxylic acids is 1. The second-order valence-corrected chi connectivity index (χ2v) is 5.01. The standard InChI is InChI=1S/C17H16N2O3/c1-18(2)12-16(17(20)14-6-4-3-5-7-14)13-8-10-15(11-9-13)19(21)22/h3-12H,1-2H3/b16-12-. The Kier molecular flexibility index (Phi) is 4.68. The number of nitrogens with zero attached hydrogens (tertiary/aromatic N) is 2. The molecule has 0 saturated carbocycles. The number of nitro groups is 1. The number of benzene rings is 2. The predicted octanol–water partition coefficient (Wildman–Crippen LogP) is 3.38. The molecule has 112 valence electrons. The lowest BCUT2D eigenvalue weighted by Crippen LogP contribution is -2.09. The third-order valence-corrected chi connectivity index (χ3v) is 3.06. The van der Waals surface area contributed by atoms with Gasteiger partial charge in [-0.2, -0.15) is 0 Å². The van der Waals surface area contributed by atoms with Crippen molar-refractivity contribution in [1.82, 2.24) is 4.90 Å². The first-order valence-corrected chi connectivity index (χ1v) is 6.72. The van der Waals surface area contributed by atoms with Gasteiger partial charge in [0.2, 0.25) is 0 Å². The Morgan fingerprint density at radius 1 is 1.00 bits per heavy atom. The normalized spacial score (nSPS) is 11.1. The van der Waals surface area contributed by atoms with E-state index in [1.165, 1.54) is 12.1 Å². The van der Waals surface area contributed by atoms with Crippen molar-refractivity contribution in [3.8, 4) is 0 Å². The van der Waals surface area contributed by atoms with Gasteiger partial charge in [0.05, 0.1) is 4.92 Å². The molecular weight excluding hydrogens is 280 g/mol. The Balaban J connectivity index is 2.43. The molecule has 0 aliphatic heterocycles. The van der Waals surface area contributed by atoms with E-state index in [1.54, 1.807) is 47.5 Å². The van der Waals surface area contributed by atoms with Crippen molar-refractivity contribution in [2.75, 3.05) is 14.1 Å². The largest absolute Gasteiger partial charge is 0.383 e. The Labute approximate surface area is 128 Å². The molecule has 0 aliphatic rings. The van der Waals surface area contributed by atoms with Crippen LogP contribution in [0, 0.1) is 10.1 Å². The number of hydrogen-bond acceptors (Lipinski definition) is 4. The van der Waals surface area contributed by atoms with Crippen molar-refractivity contribution in [3.63, 3.8) is 0 Å². The van der Waals surface area contributed by atoms with Crippen LogP contribution in [0.4, 0.5) is 5.69 Å². The fourth-order valence-corrected chi connectivity index (χ4v) is 2.03. The van der Waals surface area contributed by atoms with Crippen LogP contribution < -0.4 is 0 Å². The molecular formula is C17H16N2O3. The van der Waals surface area contributed by atoms with Crippen LogP contribution in [-0.4, -0.2) is 29.7 Å². The highest BCUT2D eigenvalue weighted by molar-refractivity contribution is 6.28. The molecule has 0 bridgehead atoms. The minimum atomic E-state index is -0.460. The van der Waals surface area contributed by atoms with Crippen LogP contribution >= 0.6 is 0 Å². The van der Waals surface area contributed by atoms with Crippen LogP contribution in [0.5, 0.6) is 0 Å². The van der Waals surface area contributed by atoms with Crippen molar-refractivity contribution in [3.05, 3.63) is 82.0 Å². The van der Waals surface area contributed by atoms with Crippen LogP contribution in [0.25, 0.3) is 5.57 Å². The molecule has 0 aromatic heterocycles. The van der Waals surface area contributed by atoms with Crippen molar-refractivity contribution in [2.24, 2.45) is 0 Å². The Hall–Kier alpha value is -2.95. The lowest BCUT2D eigenvalue weighted by atomic mass is 9.97. The molecule has 2 rings (SSSR count). The van der Waals surface area contributed by atoms with E-state index >= 15 is 0 Å². The fourth-order valence-electron chi connectivity index (χ4n) is 2.03. The molecule has 0 spiro atoms. The van der Waals surface area contributed by atoms with E-state index in [0.29, 0.717) is 16.7 Å². The van der Waals surface area contributed by atoms with Crippen molar-refractivity contribution >= 4 is 17.0 Å². The molecule has 22 heavy (non-hydrogen) atoms. The lowest BCUT2D eigenvalue weighted by Gasteiger charge is -2.12. The topological polar surface area (TPSA) is 63.5 Å². The van der Waals surface area contributed by atoms with E-state index in [0.717, 1.165) is 0 Å². The lowest BCUT2D eigenvalue weighted by molar-refractivity contribution is -0.384. The van der Waals surface area contributed by atoms with Crippen molar-refractivity contribution in [2.45, 2.75) is 0 Å². The van der Waals surface area contributed by atoms with Gasteiger partial charge in [0.15, 0.2) is 5.78 Å². The van der Waals surface area contributed by atoms with E-state index in [-0.39, 0.29) is 11.5 Å². The molecule has 0 amide bonds. The highest BCUT2D eigenvalue weighted by atomic mass is 16.6. The summed E-state index contributed by atoms with van der Waals surface area (Å²) < 4.78 is 0. The van der Waals surface area contributed by atoms with Gasteiger partial charge in [0, 0.05) is 43.6 Å². The molecule has 0 fully saturated rings. The molecule has 0 atom stereocenters. The zero-order valence-corrected chi connectivity index (χ0v) is 12.4. The van der Waals surface area contributed by atoms with Crippen LogP contribution in [0.15, 0.2) is 60.8 Å². The number of carbonyl (C=O) groups is 1. The van der Waals surface area contributed by atoms with Gasteiger partial charge in [0.25, 0.3) is 5.69 Å². The van der Waals surface area contributed by atoms with Gasteiger partial charge in [-0.15, -0.1) is 0 Å². The number of ketones is 1. The van der Waals surface area contributed by atoms with E-state index in [4.69, 9.17) is 0 Å². The molecule has 0 aliphatic carbocycles. The summed E-state index contributed by atoms with van der Waals surface area (Å²) in [6.45, 7) is 0. The Bertz CT molecular complexity index is 704. The quantitative estimate of drug-likeness (QED) is 0.367. The average Bonchev–Trinajstić information content (AvgIpc) is 2.53. The monoisotopic (exact) mass is 296 g/mol. The Morgan fingerprint density at radius 2 is 1.59 bits per heavy atom. The minimum Gasteiger partial charge on any atom is -0.383 e. The van der Waals surface area contributed by atoms with E-state index in [9.17, 15) is 14.9 Å². The summed E-state index contributed by atoms with van der Waals surface area (Å²) in [5.41, 5.74) is 1.72. The molecule has 0 N–H and O–H groups in total. The minimum absolute atomic E-state index is 0.000105.